The number of benzene rings is 3. The second-order valence-corrected chi connectivity index (χ2v) is 17.3. The van der Waals surface area contributed by atoms with Crippen LogP contribution >= 0.6 is 10.3 Å². The van der Waals surface area contributed by atoms with Gasteiger partial charge in [0.1, 0.15) is 0 Å². The van der Waals surface area contributed by atoms with E-state index in [0.717, 1.165) is 16.7 Å². The van der Waals surface area contributed by atoms with E-state index in [1.807, 2.05) is 98.7 Å². The molecule has 8 heteroatoms. The van der Waals surface area contributed by atoms with Gasteiger partial charge in [0.25, 0.3) is 0 Å². The molecule has 0 bridgehead atoms. The molecule has 3 aromatic carbocycles. The van der Waals surface area contributed by atoms with Gasteiger partial charge in [-0.05, 0) is 79.6 Å². The lowest BCUT2D eigenvalue weighted by Crippen LogP contribution is -2.27. The summed E-state index contributed by atoms with van der Waals surface area (Å²) in [6.07, 6.45) is 0. The molecule has 0 aliphatic rings. The maximum absolute atomic E-state index is 13.9. The summed E-state index contributed by atoms with van der Waals surface area (Å²) in [5, 5.41) is 0. The molecule has 3 aromatic rings. The van der Waals surface area contributed by atoms with E-state index in [2.05, 4.69) is 0 Å². The van der Waals surface area contributed by atoms with E-state index in [0.29, 0.717) is 14.7 Å². The van der Waals surface area contributed by atoms with E-state index >= 15 is 0 Å². The fraction of sp³-hybridized carbons (Fsp3) is 0.419. The summed E-state index contributed by atoms with van der Waals surface area (Å²) < 4.78 is 72.6. The zero-order valence-electron chi connectivity index (χ0n) is 24.1. The zero-order chi connectivity index (χ0) is 29.7. The molecule has 0 heterocycles. The van der Waals surface area contributed by atoms with Crippen molar-refractivity contribution in [2.75, 3.05) is 0 Å². The van der Waals surface area contributed by atoms with E-state index in [4.69, 9.17) is 3.63 Å². The Bertz CT molecular complexity index is 1250. The van der Waals surface area contributed by atoms with E-state index in [-0.39, 0.29) is 16.2 Å². The zero-order valence-corrected chi connectivity index (χ0v) is 25.7. The monoisotopic (exact) mass is 580 g/mol. The maximum atomic E-state index is 13.9. The topological polar surface area (TPSA) is 43.4 Å². The Kier molecular flexibility index (Phi) is 8.23. The standard InChI is InChI=1S/C31H39F3O3S2/c1-28(2,3)22-10-16-25(17-11-22)38(37-39(35,36)31(32,33)34,26-18-12-23(13-19-26)29(4,5)6)27-20-14-24(15-21-27)30(7,8)9/h10-21H,1-9H3. The van der Waals surface area contributed by atoms with E-state index in [1.165, 1.54) is 0 Å². The highest BCUT2D eigenvalue weighted by atomic mass is 32.3. The largest absolute Gasteiger partial charge is 0.524 e. The lowest BCUT2D eigenvalue weighted by molar-refractivity contribution is -0.0496. The molecule has 0 spiro atoms. The Balaban J connectivity index is 2.43. The van der Waals surface area contributed by atoms with Gasteiger partial charge in [-0.2, -0.15) is 25.2 Å². The summed E-state index contributed by atoms with van der Waals surface area (Å²) in [4.78, 5) is 1.07. The van der Waals surface area contributed by atoms with Gasteiger partial charge in [-0.1, -0.05) is 98.7 Å². The Morgan fingerprint density at radius 2 is 0.718 bits per heavy atom. The molecular formula is C31H39F3O3S2. The molecule has 0 amide bonds. The molecule has 3 nitrogen and oxygen atoms in total. The lowest BCUT2D eigenvalue weighted by atomic mass is 9.87. The number of hydrogen-bond acceptors (Lipinski definition) is 3. The van der Waals surface area contributed by atoms with Crippen LogP contribution in [0, 0.1) is 0 Å². The second-order valence-electron chi connectivity index (χ2n) is 12.8. The third-order valence-electron chi connectivity index (χ3n) is 6.63. The normalized spacial score (nSPS) is 14.4. The molecule has 0 atom stereocenters. The first-order valence-electron chi connectivity index (χ1n) is 12.8. The smallest absolute Gasteiger partial charge is 0.200 e. The molecule has 0 saturated carbocycles. The van der Waals surface area contributed by atoms with Gasteiger partial charge < -0.3 is 0 Å². The SMILES string of the molecule is CC(C)(C)c1ccc(S(OS(=O)(=O)C(F)(F)F)(c2ccc(C(C)(C)C)cc2)c2ccc(C(C)(C)C)cc2)cc1. The van der Waals surface area contributed by atoms with Crippen LogP contribution in [-0.2, 0) is 30.0 Å². The number of hydrogen-bond donors (Lipinski definition) is 0. The molecule has 0 radical (unpaired) electrons. The van der Waals surface area contributed by atoms with E-state index in [1.54, 1.807) is 36.4 Å². The molecule has 0 saturated heterocycles. The highest BCUT2D eigenvalue weighted by Gasteiger charge is 2.52. The summed E-state index contributed by atoms with van der Waals surface area (Å²) in [7, 11) is -9.35. The fourth-order valence-corrected chi connectivity index (χ4v) is 8.84. The molecule has 0 aliphatic carbocycles. The van der Waals surface area contributed by atoms with E-state index < -0.39 is 25.9 Å². The van der Waals surface area contributed by atoms with Gasteiger partial charge in [-0.25, -0.2) is 0 Å². The fourth-order valence-electron chi connectivity index (χ4n) is 4.14. The lowest BCUT2D eigenvalue weighted by Gasteiger charge is -2.40. The van der Waals surface area contributed by atoms with Crippen LogP contribution in [0.1, 0.15) is 79.0 Å². The number of halogens is 3. The molecule has 214 valence electrons. The molecule has 39 heavy (non-hydrogen) atoms. The average molecular weight is 581 g/mol. The van der Waals surface area contributed by atoms with Gasteiger partial charge in [-0.15, -0.1) is 0 Å². The van der Waals surface area contributed by atoms with Crippen molar-refractivity contribution < 1.29 is 25.2 Å². The summed E-state index contributed by atoms with van der Waals surface area (Å²) in [6.45, 7) is 18.3. The Hall–Kier alpha value is -2.29. The first-order chi connectivity index (χ1) is 17.6. The third-order valence-corrected chi connectivity index (χ3v) is 11.5. The maximum Gasteiger partial charge on any atom is 0.524 e. The average Bonchev–Trinajstić information content (AvgIpc) is 2.80. The van der Waals surface area contributed by atoms with Gasteiger partial charge >= 0.3 is 15.6 Å². The van der Waals surface area contributed by atoms with Crippen molar-refractivity contribution in [1.29, 1.82) is 0 Å². The molecule has 0 aliphatic heterocycles. The van der Waals surface area contributed by atoms with Crippen molar-refractivity contribution in [3.8, 4) is 0 Å². The van der Waals surface area contributed by atoms with Crippen molar-refractivity contribution in [1.82, 2.24) is 0 Å². The van der Waals surface area contributed by atoms with Gasteiger partial charge in [-0.3, -0.25) is 0 Å². The molecule has 0 unspecified atom stereocenters. The number of alkyl halides is 3. The Labute approximate surface area is 233 Å². The van der Waals surface area contributed by atoms with Crippen LogP contribution < -0.4 is 0 Å². The Morgan fingerprint density at radius 3 is 0.897 bits per heavy atom. The molecule has 0 fully saturated rings. The molecular weight excluding hydrogens is 541 g/mol. The van der Waals surface area contributed by atoms with Gasteiger partial charge in [0.15, 0.2) is 0 Å². The van der Waals surface area contributed by atoms with E-state index in [9.17, 15) is 21.6 Å². The molecule has 3 rings (SSSR count). The second kappa shape index (κ2) is 10.3. The summed E-state index contributed by atoms with van der Waals surface area (Å²) in [5.41, 5.74) is -3.33. The van der Waals surface area contributed by atoms with Crippen LogP contribution in [0.4, 0.5) is 13.2 Å². The number of rotatable bonds is 5. The van der Waals surface area contributed by atoms with Crippen molar-refractivity contribution in [3.05, 3.63) is 89.5 Å². The van der Waals surface area contributed by atoms with Crippen LogP contribution in [0.15, 0.2) is 87.5 Å². The minimum Gasteiger partial charge on any atom is -0.200 e. The highest BCUT2D eigenvalue weighted by Crippen LogP contribution is 2.70. The van der Waals surface area contributed by atoms with Gasteiger partial charge in [0, 0.05) is 14.7 Å². The summed E-state index contributed by atoms with van der Waals surface area (Å²) >= 11 is 0. The minimum atomic E-state index is -5.98. The molecule has 0 aromatic heterocycles. The van der Waals surface area contributed by atoms with Crippen molar-refractivity contribution >= 4 is 20.4 Å². The third kappa shape index (κ3) is 6.55. The predicted molar refractivity (Wildman–Crippen MR) is 154 cm³/mol. The van der Waals surface area contributed by atoms with Crippen LogP contribution in [0.5, 0.6) is 0 Å². The quantitative estimate of drug-likeness (QED) is 0.282. The predicted octanol–water partition coefficient (Wildman–Crippen LogP) is 9.64. The van der Waals surface area contributed by atoms with Crippen LogP contribution in [0.3, 0.4) is 0 Å². The van der Waals surface area contributed by atoms with Crippen molar-refractivity contribution in [2.45, 2.75) is 98.8 Å². The van der Waals surface area contributed by atoms with Crippen LogP contribution in [0.2, 0.25) is 0 Å². The van der Waals surface area contributed by atoms with Gasteiger partial charge in [0.2, 0.25) is 0 Å². The van der Waals surface area contributed by atoms with Crippen molar-refractivity contribution in [3.63, 3.8) is 0 Å². The van der Waals surface area contributed by atoms with Crippen molar-refractivity contribution in [2.24, 2.45) is 0 Å². The summed E-state index contributed by atoms with van der Waals surface area (Å²) in [6, 6.07) is 21.1. The highest BCUT2D eigenvalue weighted by molar-refractivity contribution is 8.33. The van der Waals surface area contributed by atoms with Crippen LogP contribution in [-0.4, -0.2) is 13.9 Å². The molecule has 0 N–H and O–H groups in total. The van der Waals surface area contributed by atoms with Gasteiger partial charge in [0.05, 0.1) is 0 Å². The Morgan fingerprint density at radius 1 is 0.487 bits per heavy atom. The summed E-state index contributed by atoms with van der Waals surface area (Å²) in [5.74, 6) is 0. The first kappa shape index (κ1) is 31.2. The minimum absolute atomic E-state index is 0.210. The van der Waals surface area contributed by atoms with Crippen LogP contribution in [0.25, 0.3) is 0 Å². The first-order valence-corrected chi connectivity index (χ1v) is 15.7.